The van der Waals surface area contributed by atoms with Crippen molar-refractivity contribution in [3.63, 3.8) is 0 Å². The highest BCUT2D eigenvalue weighted by molar-refractivity contribution is 5.94. The first-order valence-electron chi connectivity index (χ1n) is 6.91. The second-order valence-corrected chi connectivity index (χ2v) is 4.56. The standard InChI is InChI=1S/C15H20N2O5/c1-22-12-6-4-11(5-7-12)15(21)17-10-8-13(18)16-9-2-3-14(19)20/h4-7H,2-3,8-10H2,1H3,(H,16,18)(H,17,21)(H,19,20)/p-1. The molecule has 0 bridgehead atoms. The van der Waals surface area contributed by atoms with Crippen LogP contribution in [-0.4, -0.2) is 38.0 Å². The Balaban J connectivity index is 2.21. The van der Waals surface area contributed by atoms with E-state index >= 15 is 0 Å². The summed E-state index contributed by atoms with van der Waals surface area (Å²) >= 11 is 0. The van der Waals surface area contributed by atoms with Crippen LogP contribution < -0.4 is 20.5 Å². The molecule has 0 atom stereocenters. The number of benzene rings is 1. The number of methoxy groups -OCH3 is 1. The van der Waals surface area contributed by atoms with Crippen molar-refractivity contribution in [3.8, 4) is 5.75 Å². The van der Waals surface area contributed by atoms with E-state index in [4.69, 9.17) is 4.74 Å². The monoisotopic (exact) mass is 307 g/mol. The van der Waals surface area contributed by atoms with Gasteiger partial charge in [-0.25, -0.2) is 0 Å². The van der Waals surface area contributed by atoms with Crippen LogP contribution >= 0.6 is 0 Å². The molecule has 0 spiro atoms. The Bertz CT molecular complexity index is 513. The van der Waals surface area contributed by atoms with E-state index in [-0.39, 0.29) is 37.7 Å². The summed E-state index contributed by atoms with van der Waals surface area (Å²) in [5, 5.41) is 15.4. The summed E-state index contributed by atoms with van der Waals surface area (Å²) in [5.41, 5.74) is 0.482. The van der Waals surface area contributed by atoms with E-state index in [9.17, 15) is 19.5 Å². The van der Waals surface area contributed by atoms with Gasteiger partial charge in [-0.2, -0.15) is 0 Å². The number of hydrogen-bond donors (Lipinski definition) is 2. The maximum Gasteiger partial charge on any atom is 0.251 e. The summed E-state index contributed by atoms with van der Waals surface area (Å²) in [5.74, 6) is -0.991. The van der Waals surface area contributed by atoms with Crippen LogP contribution in [0, 0.1) is 0 Å². The second kappa shape index (κ2) is 9.38. The molecule has 22 heavy (non-hydrogen) atoms. The average Bonchev–Trinajstić information content (AvgIpc) is 2.51. The molecule has 0 aliphatic rings. The number of carboxylic acid groups (broad SMARTS) is 1. The minimum absolute atomic E-state index is 0.0888. The number of aliphatic carboxylic acids is 1. The van der Waals surface area contributed by atoms with Gasteiger partial charge in [-0.15, -0.1) is 0 Å². The fraction of sp³-hybridized carbons (Fsp3) is 0.400. The number of ether oxygens (including phenoxy) is 1. The van der Waals surface area contributed by atoms with Crippen LogP contribution in [0.5, 0.6) is 5.75 Å². The highest BCUT2D eigenvalue weighted by Gasteiger charge is 2.06. The van der Waals surface area contributed by atoms with Crippen LogP contribution in [0.4, 0.5) is 0 Å². The van der Waals surface area contributed by atoms with Gasteiger partial charge in [-0.3, -0.25) is 9.59 Å². The molecule has 120 valence electrons. The Hall–Kier alpha value is -2.57. The zero-order valence-electron chi connectivity index (χ0n) is 12.4. The van der Waals surface area contributed by atoms with Gasteiger partial charge < -0.3 is 25.3 Å². The molecule has 0 saturated carbocycles. The third-order valence-electron chi connectivity index (χ3n) is 2.87. The third kappa shape index (κ3) is 6.74. The smallest absolute Gasteiger partial charge is 0.251 e. The molecular weight excluding hydrogens is 288 g/mol. The minimum Gasteiger partial charge on any atom is -0.550 e. The van der Waals surface area contributed by atoms with Crippen molar-refractivity contribution in [3.05, 3.63) is 29.8 Å². The van der Waals surface area contributed by atoms with Gasteiger partial charge in [0, 0.05) is 31.0 Å². The predicted molar refractivity (Wildman–Crippen MR) is 77.2 cm³/mol. The van der Waals surface area contributed by atoms with Crippen LogP contribution in [0.1, 0.15) is 29.6 Å². The van der Waals surface area contributed by atoms with Crippen molar-refractivity contribution in [2.45, 2.75) is 19.3 Å². The lowest BCUT2D eigenvalue weighted by atomic mass is 10.2. The van der Waals surface area contributed by atoms with Gasteiger partial charge in [0.25, 0.3) is 5.91 Å². The summed E-state index contributed by atoms with van der Waals surface area (Å²) in [4.78, 5) is 33.4. The van der Waals surface area contributed by atoms with Crippen LogP contribution in [-0.2, 0) is 9.59 Å². The van der Waals surface area contributed by atoms with Crippen LogP contribution in [0.2, 0.25) is 0 Å². The Kier molecular flexibility index (Phi) is 7.45. The summed E-state index contributed by atoms with van der Waals surface area (Å²) in [6, 6.07) is 6.63. The van der Waals surface area contributed by atoms with Gasteiger partial charge >= 0.3 is 0 Å². The number of rotatable bonds is 9. The van der Waals surface area contributed by atoms with Crippen molar-refractivity contribution in [1.29, 1.82) is 0 Å². The number of carbonyl (C=O) groups excluding carboxylic acids is 3. The third-order valence-corrected chi connectivity index (χ3v) is 2.87. The SMILES string of the molecule is COc1ccc(C(=O)NCCC(=O)NCCCC(=O)[O-])cc1. The lowest BCUT2D eigenvalue weighted by Crippen LogP contribution is -2.31. The van der Waals surface area contributed by atoms with E-state index in [1.807, 2.05) is 0 Å². The maximum atomic E-state index is 11.8. The quantitative estimate of drug-likeness (QED) is 0.596. The second-order valence-electron chi connectivity index (χ2n) is 4.56. The fourth-order valence-corrected chi connectivity index (χ4v) is 1.68. The Labute approximate surface area is 128 Å². The molecule has 0 unspecified atom stereocenters. The molecule has 2 amide bonds. The van der Waals surface area contributed by atoms with Crippen molar-refractivity contribution < 1.29 is 24.2 Å². The molecular formula is C15H19N2O5-. The van der Waals surface area contributed by atoms with Crippen LogP contribution in [0.25, 0.3) is 0 Å². The summed E-state index contributed by atoms with van der Waals surface area (Å²) in [7, 11) is 1.54. The fourth-order valence-electron chi connectivity index (χ4n) is 1.68. The van der Waals surface area contributed by atoms with Gasteiger partial charge in [-0.05, 0) is 37.1 Å². The molecule has 0 aliphatic carbocycles. The largest absolute Gasteiger partial charge is 0.550 e. The molecule has 7 nitrogen and oxygen atoms in total. The van der Waals surface area contributed by atoms with Gasteiger partial charge in [0.15, 0.2) is 0 Å². The zero-order chi connectivity index (χ0) is 16.4. The van der Waals surface area contributed by atoms with Crippen LogP contribution in [0.3, 0.4) is 0 Å². The molecule has 7 heteroatoms. The average molecular weight is 307 g/mol. The molecule has 1 aromatic rings. The summed E-state index contributed by atoms with van der Waals surface area (Å²) in [6.45, 7) is 0.483. The van der Waals surface area contributed by atoms with Crippen molar-refractivity contribution in [2.24, 2.45) is 0 Å². The highest BCUT2D eigenvalue weighted by atomic mass is 16.5. The summed E-state index contributed by atoms with van der Waals surface area (Å²) < 4.78 is 5.00. The molecule has 0 heterocycles. The Morgan fingerprint density at radius 2 is 1.73 bits per heavy atom. The summed E-state index contributed by atoms with van der Waals surface area (Å²) in [6.07, 6.45) is 0.369. The normalized spacial score (nSPS) is 9.86. The minimum atomic E-state index is -1.14. The molecule has 0 radical (unpaired) electrons. The van der Waals surface area contributed by atoms with E-state index in [1.165, 1.54) is 0 Å². The lowest BCUT2D eigenvalue weighted by Gasteiger charge is -2.07. The number of carbonyl (C=O) groups is 3. The van der Waals surface area contributed by atoms with E-state index in [0.717, 1.165) is 0 Å². The predicted octanol–water partition coefficient (Wildman–Crippen LogP) is -0.539. The maximum absolute atomic E-state index is 11.8. The number of hydrogen-bond acceptors (Lipinski definition) is 5. The van der Waals surface area contributed by atoms with E-state index in [2.05, 4.69) is 10.6 Å². The molecule has 0 fully saturated rings. The van der Waals surface area contributed by atoms with E-state index < -0.39 is 5.97 Å². The molecule has 1 rings (SSSR count). The van der Waals surface area contributed by atoms with Gasteiger partial charge in [0.2, 0.25) is 5.91 Å². The van der Waals surface area contributed by atoms with E-state index in [0.29, 0.717) is 17.7 Å². The zero-order valence-corrected chi connectivity index (χ0v) is 12.4. The molecule has 1 aromatic carbocycles. The number of carboxylic acids is 1. The van der Waals surface area contributed by atoms with Gasteiger partial charge in [0.05, 0.1) is 7.11 Å². The van der Waals surface area contributed by atoms with Gasteiger partial charge in [-0.1, -0.05) is 0 Å². The van der Waals surface area contributed by atoms with Crippen LogP contribution in [0.15, 0.2) is 24.3 Å². The first-order valence-corrected chi connectivity index (χ1v) is 6.91. The molecule has 0 aliphatic heterocycles. The van der Waals surface area contributed by atoms with Crippen molar-refractivity contribution in [2.75, 3.05) is 20.2 Å². The number of nitrogens with one attached hydrogen (secondary N) is 2. The lowest BCUT2D eigenvalue weighted by molar-refractivity contribution is -0.305. The number of amides is 2. The first kappa shape index (κ1) is 17.5. The highest BCUT2D eigenvalue weighted by Crippen LogP contribution is 2.10. The van der Waals surface area contributed by atoms with Crippen molar-refractivity contribution in [1.82, 2.24) is 10.6 Å². The Morgan fingerprint density at radius 1 is 1.05 bits per heavy atom. The van der Waals surface area contributed by atoms with Gasteiger partial charge in [0.1, 0.15) is 5.75 Å². The first-order chi connectivity index (χ1) is 10.5. The van der Waals surface area contributed by atoms with Crippen molar-refractivity contribution >= 4 is 17.8 Å². The molecule has 0 aromatic heterocycles. The van der Waals surface area contributed by atoms with E-state index in [1.54, 1.807) is 31.4 Å². The Morgan fingerprint density at radius 3 is 2.32 bits per heavy atom. The molecule has 0 saturated heterocycles. The topological polar surface area (TPSA) is 108 Å². The molecule has 2 N–H and O–H groups in total.